The number of rotatable bonds is 3. The first-order valence-electron chi connectivity index (χ1n) is 8.56. The van der Waals surface area contributed by atoms with Crippen LogP contribution in [0.3, 0.4) is 0 Å². The number of hydrogen-bond donors (Lipinski definition) is 0. The van der Waals surface area contributed by atoms with Crippen LogP contribution in [0, 0.1) is 13.8 Å². The maximum absolute atomic E-state index is 6.07. The molecule has 0 saturated heterocycles. The third-order valence-electron chi connectivity index (χ3n) is 4.57. The molecule has 0 saturated carbocycles. The lowest BCUT2D eigenvalue weighted by molar-refractivity contribution is 0.967. The van der Waals surface area contributed by atoms with E-state index in [1.807, 2.05) is 30.6 Å². The van der Waals surface area contributed by atoms with Crippen LogP contribution >= 0.6 is 23.2 Å². The highest BCUT2D eigenvalue weighted by atomic mass is 35.5. The van der Waals surface area contributed by atoms with Crippen molar-refractivity contribution in [1.82, 2.24) is 9.55 Å². The van der Waals surface area contributed by atoms with Crippen LogP contribution in [0.5, 0.6) is 0 Å². The summed E-state index contributed by atoms with van der Waals surface area (Å²) in [5, 5.41) is 2.15. The fraction of sp³-hybridized carbons (Fsp3) is 0.0909. The molecule has 0 aliphatic heterocycles. The van der Waals surface area contributed by atoms with Gasteiger partial charge in [0, 0.05) is 40.4 Å². The number of aromatic nitrogens is 2. The quantitative estimate of drug-likeness (QED) is 0.356. The molecule has 0 N–H and O–H groups in total. The number of aliphatic imine (C=N–C) groups is 1. The SMILES string of the molecule is Cc1cc(C=Nc2ccc(Cl)c(Cl)c2)c(C)n1-c1ccc2ncccc2c1. The Morgan fingerprint density at radius 3 is 2.63 bits per heavy atom. The van der Waals surface area contributed by atoms with Crippen LogP contribution < -0.4 is 0 Å². The maximum Gasteiger partial charge on any atom is 0.0703 e. The first-order chi connectivity index (χ1) is 13.0. The van der Waals surface area contributed by atoms with Crippen molar-refractivity contribution in [2.45, 2.75) is 13.8 Å². The van der Waals surface area contributed by atoms with Crippen LogP contribution in [0.4, 0.5) is 5.69 Å². The third kappa shape index (κ3) is 3.48. The second kappa shape index (κ2) is 7.18. The van der Waals surface area contributed by atoms with Crippen LogP contribution in [0.1, 0.15) is 17.0 Å². The molecule has 4 rings (SSSR count). The molecule has 0 spiro atoms. The van der Waals surface area contributed by atoms with Gasteiger partial charge in [-0.3, -0.25) is 9.98 Å². The van der Waals surface area contributed by atoms with Crippen molar-refractivity contribution in [2.75, 3.05) is 0 Å². The Kier molecular flexibility index (Phi) is 4.73. The molecule has 0 amide bonds. The van der Waals surface area contributed by atoms with E-state index in [4.69, 9.17) is 23.2 Å². The van der Waals surface area contributed by atoms with E-state index in [0.717, 1.165) is 39.2 Å². The summed E-state index contributed by atoms with van der Waals surface area (Å²) in [4.78, 5) is 8.94. The van der Waals surface area contributed by atoms with Crippen molar-refractivity contribution in [3.05, 3.63) is 87.8 Å². The Labute approximate surface area is 167 Å². The monoisotopic (exact) mass is 393 g/mol. The lowest BCUT2D eigenvalue weighted by Crippen LogP contribution is -1.99. The van der Waals surface area contributed by atoms with Crippen LogP contribution in [0.2, 0.25) is 10.0 Å². The van der Waals surface area contributed by atoms with Gasteiger partial charge in [-0.15, -0.1) is 0 Å². The fourth-order valence-corrected chi connectivity index (χ4v) is 3.52. The standard InChI is InChI=1S/C22H17Cl2N3/c1-14-10-17(13-26-18-5-7-20(23)21(24)12-18)15(2)27(14)19-6-8-22-16(11-19)4-3-9-25-22/h3-13H,1-2H3. The molecule has 134 valence electrons. The molecule has 0 atom stereocenters. The Morgan fingerprint density at radius 1 is 0.963 bits per heavy atom. The lowest BCUT2D eigenvalue weighted by atomic mass is 10.2. The van der Waals surface area contributed by atoms with Gasteiger partial charge in [-0.2, -0.15) is 0 Å². The largest absolute Gasteiger partial charge is 0.318 e. The lowest BCUT2D eigenvalue weighted by Gasteiger charge is -2.10. The van der Waals surface area contributed by atoms with Crippen molar-refractivity contribution in [3.63, 3.8) is 0 Å². The van der Waals surface area contributed by atoms with Gasteiger partial charge >= 0.3 is 0 Å². The van der Waals surface area contributed by atoms with E-state index in [1.54, 1.807) is 12.1 Å². The number of halogens is 2. The average Bonchev–Trinajstić information content (AvgIpc) is 2.96. The molecule has 2 aromatic heterocycles. The number of aryl methyl sites for hydroxylation is 1. The Hall–Kier alpha value is -2.62. The highest BCUT2D eigenvalue weighted by Gasteiger charge is 2.10. The van der Waals surface area contributed by atoms with Crippen molar-refractivity contribution in [1.29, 1.82) is 0 Å². The summed E-state index contributed by atoms with van der Waals surface area (Å²) in [6, 6.07) is 17.8. The zero-order valence-corrected chi connectivity index (χ0v) is 16.5. The predicted molar refractivity (Wildman–Crippen MR) is 114 cm³/mol. The highest BCUT2D eigenvalue weighted by Crippen LogP contribution is 2.27. The molecule has 5 heteroatoms. The Morgan fingerprint density at radius 2 is 1.81 bits per heavy atom. The molecule has 27 heavy (non-hydrogen) atoms. The highest BCUT2D eigenvalue weighted by molar-refractivity contribution is 6.42. The van der Waals surface area contributed by atoms with Gasteiger partial charge < -0.3 is 4.57 Å². The number of fused-ring (bicyclic) bond motifs is 1. The van der Waals surface area contributed by atoms with Crippen molar-refractivity contribution < 1.29 is 0 Å². The van der Waals surface area contributed by atoms with Gasteiger partial charge in [0.25, 0.3) is 0 Å². The van der Waals surface area contributed by atoms with E-state index >= 15 is 0 Å². The first-order valence-corrected chi connectivity index (χ1v) is 9.32. The Bertz CT molecular complexity index is 1180. The average molecular weight is 394 g/mol. The molecule has 0 unspecified atom stereocenters. The van der Waals surface area contributed by atoms with E-state index in [0.29, 0.717) is 10.0 Å². The molecule has 0 aliphatic rings. The summed E-state index contributed by atoms with van der Waals surface area (Å²) >= 11 is 12.0. The van der Waals surface area contributed by atoms with Gasteiger partial charge in [0.2, 0.25) is 0 Å². The van der Waals surface area contributed by atoms with Crippen molar-refractivity contribution in [3.8, 4) is 5.69 Å². The van der Waals surface area contributed by atoms with Crippen LogP contribution in [0.15, 0.2) is 65.8 Å². The van der Waals surface area contributed by atoms with Crippen LogP contribution in [-0.4, -0.2) is 15.8 Å². The molecule has 3 nitrogen and oxygen atoms in total. The minimum absolute atomic E-state index is 0.501. The van der Waals surface area contributed by atoms with Gasteiger partial charge in [0.1, 0.15) is 0 Å². The molecule has 0 radical (unpaired) electrons. The van der Waals surface area contributed by atoms with Gasteiger partial charge in [0.05, 0.1) is 21.2 Å². The zero-order chi connectivity index (χ0) is 19.0. The smallest absolute Gasteiger partial charge is 0.0703 e. The van der Waals surface area contributed by atoms with E-state index in [2.05, 4.69) is 52.7 Å². The van der Waals surface area contributed by atoms with Gasteiger partial charge in [-0.1, -0.05) is 29.3 Å². The van der Waals surface area contributed by atoms with E-state index in [9.17, 15) is 0 Å². The minimum atomic E-state index is 0.501. The van der Waals surface area contributed by atoms with Crippen molar-refractivity contribution >= 4 is 46.0 Å². The summed E-state index contributed by atoms with van der Waals surface area (Å²) in [6.45, 7) is 4.19. The number of benzene rings is 2. The second-order valence-corrected chi connectivity index (χ2v) is 7.21. The molecular formula is C22H17Cl2N3. The van der Waals surface area contributed by atoms with E-state index in [1.165, 1.54) is 0 Å². The maximum atomic E-state index is 6.07. The predicted octanol–water partition coefficient (Wildman–Crippen LogP) is 6.70. The van der Waals surface area contributed by atoms with Gasteiger partial charge in [-0.05, 0) is 62.4 Å². The third-order valence-corrected chi connectivity index (χ3v) is 5.31. The topological polar surface area (TPSA) is 30.2 Å². The summed E-state index contributed by atoms with van der Waals surface area (Å²) < 4.78 is 2.22. The summed E-state index contributed by atoms with van der Waals surface area (Å²) in [5.41, 5.74) is 6.20. The molecule has 2 heterocycles. The van der Waals surface area contributed by atoms with Crippen LogP contribution in [0.25, 0.3) is 16.6 Å². The molecule has 0 fully saturated rings. The summed E-state index contributed by atoms with van der Waals surface area (Å²) in [5.74, 6) is 0. The minimum Gasteiger partial charge on any atom is -0.318 e. The zero-order valence-electron chi connectivity index (χ0n) is 14.9. The fourth-order valence-electron chi connectivity index (χ4n) is 3.23. The Balaban J connectivity index is 1.72. The first kappa shape index (κ1) is 17.8. The number of pyridine rings is 1. The summed E-state index contributed by atoms with van der Waals surface area (Å²) in [7, 11) is 0. The normalized spacial score (nSPS) is 11.6. The molecule has 0 aliphatic carbocycles. The molecule has 4 aromatic rings. The number of hydrogen-bond acceptors (Lipinski definition) is 2. The molecular weight excluding hydrogens is 377 g/mol. The summed E-state index contributed by atoms with van der Waals surface area (Å²) in [6.07, 6.45) is 3.67. The molecule has 0 bridgehead atoms. The van der Waals surface area contributed by atoms with E-state index < -0.39 is 0 Å². The molecule has 2 aromatic carbocycles. The second-order valence-electron chi connectivity index (χ2n) is 6.40. The van der Waals surface area contributed by atoms with E-state index in [-0.39, 0.29) is 0 Å². The van der Waals surface area contributed by atoms with Gasteiger partial charge in [0.15, 0.2) is 0 Å². The van der Waals surface area contributed by atoms with Crippen LogP contribution in [-0.2, 0) is 0 Å². The number of nitrogens with zero attached hydrogens (tertiary/aromatic N) is 3. The van der Waals surface area contributed by atoms with Gasteiger partial charge in [-0.25, -0.2) is 0 Å². The van der Waals surface area contributed by atoms with Crippen molar-refractivity contribution in [2.24, 2.45) is 4.99 Å².